The SMILES string of the molecule is COc1ccccc1CCCC(O)c1cn(C(c2ccccc2)(c2ccccc2)c2ccccc2)cn1. The minimum Gasteiger partial charge on any atom is -0.496 e. The molecule has 0 saturated carbocycles. The first-order chi connectivity index (χ1) is 18.2. The molecule has 4 nitrogen and oxygen atoms in total. The van der Waals surface area contributed by atoms with Gasteiger partial charge in [-0.25, -0.2) is 4.98 Å². The number of benzene rings is 4. The van der Waals surface area contributed by atoms with Gasteiger partial charge in [0.15, 0.2) is 0 Å². The summed E-state index contributed by atoms with van der Waals surface area (Å²) in [4.78, 5) is 4.71. The number of rotatable bonds is 10. The quantitative estimate of drug-likeness (QED) is 0.220. The molecule has 1 unspecified atom stereocenters. The van der Waals surface area contributed by atoms with Crippen molar-refractivity contribution in [1.29, 1.82) is 0 Å². The molecule has 0 saturated heterocycles. The zero-order chi connectivity index (χ0) is 25.5. The standard InChI is InChI=1S/C33H32N2O2/c1-37-32-23-12-11-14-26(32)15-13-22-31(36)30-24-35(25-34-30)33(27-16-5-2-6-17-27,28-18-7-3-8-19-28)29-20-9-4-10-21-29/h2-12,14,16-21,23-25,31,36H,13,15,22H2,1H3. The van der Waals surface area contributed by atoms with Crippen LogP contribution < -0.4 is 4.74 Å². The summed E-state index contributed by atoms with van der Waals surface area (Å²) in [7, 11) is 1.69. The summed E-state index contributed by atoms with van der Waals surface area (Å²) < 4.78 is 7.62. The van der Waals surface area contributed by atoms with E-state index >= 15 is 0 Å². The van der Waals surface area contributed by atoms with Crippen LogP contribution in [0.15, 0.2) is 128 Å². The lowest BCUT2D eigenvalue weighted by Gasteiger charge is -2.37. The summed E-state index contributed by atoms with van der Waals surface area (Å²) in [6, 6.07) is 39.5. The number of aromatic nitrogens is 2. The molecule has 186 valence electrons. The lowest BCUT2D eigenvalue weighted by molar-refractivity contribution is 0.160. The van der Waals surface area contributed by atoms with Gasteiger partial charge < -0.3 is 14.4 Å². The molecule has 0 aliphatic carbocycles. The van der Waals surface area contributed by atoms with Crippen molar-refractivity contribution in [3.8, 4) is 5.75 Å². The van der Waals surface area contributed by atoms with Crippen molar-refractivity contribution in [2.75, 3.05) is 7.11 Å². The van der Waals surface area contributed by atoms with E-state index in [1.807, 2.05) is 48.9 Å². The van der Waals surface area contributed by atoms with Gasteiger partial charge in [-0.15, -0.1) is 0 Å². The third kappa shape index (κ3) is 4.93. The average molecular weight is 489 g/mol. The summed E-state index contributed by atoms with van der Waals surface area (Å²) in [5.74, 6) is 0.889. The van der Waals surface area contributed by atoms with Gasteiger partial charge in [0.2, 0.25) is 0 Å². The topological polar surface area (TPSA) is 47.3 Å². The first-order valence-corrected chi connectivity index (χ1v) is 12.7. The van der Waals surface area contributed by atoms with Gasteiger partial charge in [-0.3, -0.25) is 0 Å². The second-order valence-corrected chi connectivity index (χ2v) is 9.23. The van der Waals surface area contributed by atoms with Crippen molar-refractivity contribution in [2.24, 2.45) is 0 Å². The van der Waals surface area contributed by atoms with Crippen molar-refractivity contribution >= 4 is 0 Å². The smallest absolute Gasteiger partial charge is 0.122 e. The molecule has 1 aromatic heterocycles. The summed E-state index contributed by atoms with van der Waals surface area (Å²) in [5, 5.41) is 11.1. The second-order valence-electron chi connectivity index (χ2n) is 9.23. The summed E-state index contributed by atoms with van der Waals surface area (Å²) in [6.07, 6.45) is 5.48. The molecule has 1 heterocycles. The van der Waals surface area contributed by atoms with Crippen molar-refractivity contribution < 1.29 is 9.84 Å². The van der Waals surface area contributed by atoms with Crippen molar-refractivity contribution in [3.63, 3.8) is 0 Å². The Balaban J connectivity index is 1.50. The Kier molecular flexibility index (Phi) is 7.48. The van der Waals surface area contributed by atoms with E-state index in [0.717, 1.165) is 40.8 Å². The van der Waals surface area contributed by atoms with Crippen LogP contribution >= 0.6 is 0 Å². The fraction of sp³-hybridized carbons (Fsp3) is 0.182. The molecular formula is C33H32N2O2. The van der Waals surface area contributed by atoms with E-state index in [0.29, 0.717) is 12.1 Å². The summed E-state index contributed by atoms with van der Waals surface area (Å²) in [5.41, 5.74) is 4.57. The van der Waals surface area contributed by atoms with E-state index in [1.54, 1.807) is 7.11 Å². The molecule has 0 radical (unpaired) electrons. The normalized spacial score (nSPS) is 12.3. The van der Waals surface area contributed by atoms with Gasteiger partial charge in [0.1, 0.15) is 11.3 Å². The van der Waals surface area contributed by atoms with Gasteiger partial charge in [0, 0.05) is 6.20 Å². The zero-order valence-electron chi connectivity index (χ0n) is 21.1. The zero-order valence-corrected chi connectivity index (χ0v) is 21.1. The fourth-order valence-corrected chi connectivity index (χ4v) is 5.22. The number of nitrogens with zero attached hydrogens (tertiary/aromatic N) is 2. The van der Waals surface area contributed by atoms with Gasteiger partial charge in [-0.05, 0) is 47.6 Å². The molecule has 5 aromatic rings. The molecule has 0 aliphatic rings. The monoisotopic (exact) mass is 488 g/mol. The molecular weight excluding hydrogens is 456 g/mol. The van der Waals surface area contributed by atoms with Crippen LogP contribution in [0.1, 0.15) is 46.9 Å². The average Bonchev–Trinajstić information content (AvgIpc) is 3.46. The molecule has 37 heavy (non-hydrogen) atoms. The Bertz CT molecular complexity index is 1300. The van der Waals surface area contributed by atoms with Gasteiger partial charge in [-0.2, -0.15) is 0 Å². The van der Waals surface area contributed by atoms with Crippen molar-refractivity contribution in [2.45, 2.75) is 30.9 Å². The molecule has 4 aromatic carbocycles. The van der Waals surface area contributed by atoms with Gasteiger partial charge in [0.05, 0.1) is 25.2 Å². The van der Waals surface area contributed by atoms with Crippen LogP contribution in [0.4, 0.5) is 0 Å². The number of hydrogen-bond donors (Lipinski definition) is 1. The van der Waals surface area contributed by atoms with Crippen LogP contribution in [0, 0.1) is 0 Å². The van der Waals surface area contributed by atoms with Crippen LogP contribution in [0.3, 0.4) is 0 Å². The maximum Gasteiger partial charge on any atom is 0.122 e. The second kappa shape index (κ2) is 11.3. The highest BCUT2D eigenvalue weighted by Crippen LogP contribution is 2.41. The van der Waals surface area contributed by atoms with Gasteiger partial charge >= 0.3 is 0 Å². The third-order valence-electron chi connectivity index (χ3n) is 7.02. The Morgan fingerprint density at radius 3 is 1.81 bits per heavy atom. The Morgan fingerprint density at radius 1 is 0.757 bits per heavy atom. The molecule has 0 bridgehead atoms. The third-order valence-corrected chi connectivity index (χ3v) is 7.02. The lowest BCUT2D eigenvalue weighted by Crippen LogP contribution is -2.37. The van der Waals surface area contributed by atoms with E-state index in [-0.39, 0.29) is 0 Å². The van der Waals surface area contributed by atoms with Crippen molar-refractivity contribution in [3.05, 3.63) is 156 Å². The highest BCUT2D eigenvalue weighted by molar-refractivity contribution is 5.50. The minimum atomic E-state index is -0.657. The van der Waals surface area contributed by atoms with E-state index in [1.165, 1.54) is 0 Å². The van der Waals surface area contributed by atoms with Crippen LogP contribution in [0.2, 0.25) is 0 Å². The Hall–Kier alpha value is -4.15. The van der Waals surface area contributed by atoms with Crippen molar-refractivity contribution in [1.82, 2.24) is 9.55 Å². The van der Waals surface area contributed by atoms with Crippen LogP contribution in [0.5, 0.6) is 5.75 Å². The molecule has 5 rings (SSSR count). The number of para-hydroxylation sites is 1. The molecule has 1 atom stereocenters. The molecule has 1 N–H and O–H groups in total. The number of imidazole rings is 1. The Morgan fingerprint density at radius 2 is 1.27 bits per heavy atom. The first-order valence-electron chi connectivity index (χ1n) is 12.7. The number of aryl methyl sites for hydroxylation is 1. The maximum atomic E-state index is 11.1. The fourth-order valence-electron chi connectivity index (χ4n) is 5.22. The minimum absolute atomic E-state index is 0.615. The highest BCUT2D eigenvalue weighted by Gasteiger charge is 2.38. The number of aliphatic hydroxyl groups is 1. The largest absolute Gasteiger partial charge is 0.496 e. The van der Waals surface area contributed by atoms with Crippen LogP contribution in [-0.2, 0) is 12.0 Å². The number of hydrogen-bond acceptors (Lipinski definition) is 3. The predicted octanol–water partition coefficient (Wildman–Crippen LogP) is 6.79. The summed E-state index contributed by atoms with van der Waals surface area (Å²) in [6.45, 7) is 0. The molecule has 4 heteroatoms. The molecule has 0 fully saturated rings. The molecule has 0 aliphatic heterocycles. The van der Waals surface area contributed by atoms with E-state index in [2.05, 4.69) is 83.4 Å². The van der Waals surface area contributed by atoms with E-state index in [9.17, 15) is 5.11 Å². The van der Waals surface area contributed by atoms with E-state index in [4.69, 9.17) is 9.72 Å². The number of methoxy groups -OCH3 is 1. The Labute approximate surface area is 218 Å². The van der Waals surface area contributed by atoms with Gasteiger partial charge in [0.25, 0.3) is 0 Å². The van der Waals surface area contributed by atoms with Crippen LogP contribution in [0.25, 0.3) is 0 Å². The number of ether oxygens (including phenoxy) is 1. The highest BCUT2D eigenvalue weighted by atomic mass is 16.5. The molecule has 0 spiro atoms. The van der Waals surface area contributed by atoms with Gasteiger partial charge in [-0.1, -0.05) is 109 Å². The maximum absolute atomic E-state index is 11.1. The predicted molar refractivity (Wildman–Crippen MR) is 148 cm³/mol. The first kappa shape index (κ1) is 24.5. The van der Waals surface area contributed by atoms with Crippen LogP contribution in [-0.4, -0.2) is 21.8 Å². The molecule has 0 amide bonds. The number of aliphatic hydroxyl groups excluding tert-OH is 1. The van der Waals surface area contributed by atoms with E-state index < -0.39 is 11.6 Å². The summed E-state index contributed by atoms with van der Waals surface area (Å²) >= 11 is 0. The lowest BCUT2D eigenvalue weighted by atomic mass is 9.77.